The standard InChI is InChI=1S/C30H27N2OSi/c1-18-28-21-10-6-9-13-26(21)33-27(28)17-22-20-15-14-19(34(3,4)5)16-25(20)32-24-12-8-7-11-23(24)31(2)30(32)29(18)22/h6-17H,1-5H3/q+1. The van der Waals surface area contributed by atoms with E-state index in [1.54, 1.807) is 0 Å². The normalized spacial score (nSPS) is 12.9. The number of aromatic nitrogens is 2. The Kier molecular flexibility index (Phi) is 3.78. The molecule has 0 saturated heterocycles. The molecule has 0 N–H and O–H groups in total. The van der Waals surface area contributed by atoms with Crippen molar-refractivity contribution in [2.45, 2.75) is 26.6 Å². The van der Waals surface area contributed by atoms with Crippen LogP contribution in [0.15, 0.2) is 77.2 Å². The second kappa shape index (κ2) is 6.48. The van der Waals surface area contributed by atoms with Crippen LogP contribution in [-0.2, 0) is 7.05 Å². The third-order valence-electron chi connectivity index (χ3n) is 7.55. The zero-order chi connectivity index (χ0) is 23.4. The van der Waals surface area contributed by atoms with Crippen LogP contribution in [0.5, 0.6) is 0 Å². The number of fused-ring (bicyclic) bond motifs is 11. The fourth-order valence-electron chi connectivity index (χ4n) is 5.83. The highest BCUT2D eigenvalue weighted by atomic mass is 28.3. The number of nitrogens with zero attached hydrogens (tertiary/aromatic N) is 2. The second-order valence-corrected chi connectivity index (χ2v) is 15.7. The number of hydrogen-bond acceptors (Lipinski definition) is 1. The first-order chi connectivity index (χ1) is 16.3. The number of hydrogen-bond donors (Lipinski definition) is 0. The molecular formula is C30H27N2OSi+. The summed E-state index contributed by atoms with van der Waals surface area (Å²) in [5.41, 5.74) is 8.18. The molecule has 0 bridgehead atoms. The molecule has 7 rings (SSSR count). The molecule has 3 nitrogen and oxygen atoms in total. The molecule has 0 amide bonds. The first-order valence-corrected chi connectivity index (χ1v) is 15.4. The van der Waals surface area contributed by atoms with Gasteiger partial charge < -0.3 is 4.42 Å². The average Bonchev–Trinajstić information content (AvgIpc) is 3.34. The monoisotopic (exact) mass is 459 g/mol. The van der Waals surface area contributed by atoms with E-state index < -0.39 is 8.07 Å². The van der Waals surface area contributed by atoms with E-state index in [-0.39, 0.29) is 0 Å². The molecule has 34 heavy (non-hydrogen) atoms. The largest absolute Gasteiger partial charge is 0.456 e. The molecule has 0 saturated carbocycles. The molecule has 0 fully saturated rings. The van der Waals surface area contributed by atoms with Gasteiger partial charge in [0.2, 0.25) is 0 Å². The Labute approximate surface area is 198 Å². The summed E-state index contributed by atoms with van der Waals surface area (Å²) < 4.78 is 11.2. The smallest absolute Gasteiger partial charge is 0.295 e. The van der Waals surface area contributed by atoms with E-state index in [1.807, 2.05) is 6.07 Å². The topological polar surface area (TPSA) is 21.4 Å². The Morgan fingerprint density at radius 2 is 1.50 bits per heavy atom. The van der Waals surface area contributed by atoms with Crippen LogP contribution in [0.2, 0.25) is 19.6 Å². The molecule has 0 aliphatic heterocycles. The van der Waals surface area contributed by atoms with Gasteiger partial charge in [-0.15, -0.1) is 0 Å². The zero-order valence-electron chi connectivity index (χ0n) is 20.2. The predicted octanol–water partition coefficient (Wildman–Crippen LogP) is 6.98. The summed E-state index contributed by atoms with van der Waals surface area (Å²) in [6.45, 7) is 9.51. The Bertz CT molecular complexity index is 1970. The van der Waals surface area contributed by atoms with Gasteiger partial charge in [0.1, 0.15) is 16.7 Å². The highest BCUT2D eigenvalue weighted by molar-refractivity contribution is 6.88. The molecule has 4 heteroatoms. The predicted molar refractivity (Wildman–Crippen MR) is 146 cm³/mol. The summed E-state index contributed by atoms with van der Waals surface area (Å²) in [5, 5.41) is 7.70. The van der Waals surface area contributed by atoms with Crippen LogP contribution in [0.1, 0.15) is 5.56 Å². The first kappa shape index (κ1) is 19.8. The van der Waals surface area contributed by atoms with Gasteiger partial charge >= 0.3 is 0 Å². The molecule has 0 unspecified atom stereocenters. The molecule has 0 radical (unpaired) electrons. The fourth-order valence-corrected chi connectivity index (χ4v) is 6.99. The number of rotatable bonds is 1. The van der Waals surface area contributed by atoms with Crippen molar-refractivity contribution in [3.05, 3.63) is 78.4 Å². The van der Waals surface area contributed by atoms with Gasteiger partial charge in [0.25, 0.3) is 5.65 Å². The summed E-state index contributed by atoms with van der Waals surface area (Å²) in [4.78, 5) is 0. The van der Waals surface area contributed by atoms with Crippen molar-refractivity contribution >= 4 is 73.6 Å². The van der Waals surface area contributed by atoms with Crippen molar-refractivity contribution in [2.75, 3.05) is 0 Å². The molecule has 0 aliphatic rings. The van der Waals surface area contributed by atoms with Gasteiger partial charge in [-0.2, -0.15) is 4.40 Å². The number of furan rings is 1. The molecule has 0 aliphatic carbocycles. The van der Waals surface area contributed by atoms with Crippen molar-refractivity contribution in [3.63, 3.8) is 0 Å². The van der Waals surface area contributed by atoms with E-state index in [0.717, 1.165) is 11.2 Å². The Hall–Kier alpha value is -3.63. The number of pyridine rings is 1. The molecule has 7 aromatic rings. The van der Waals surface area contributed by atoms with E-state index in [4.69, 9.17) is 4.42 Å². The van der Waals surface area contributed by atoms with Gasteiger partial charge in [-0.25, -0.2) is 4.57 Å². The molecule has 166 valence electrons. The van der Waals surface area contributed by atoms with Crippen molar-refractivity contribution in [2.24, 2.45) is 7.05 Å². The highest BCUT2D eigenvalue weighted by Crippen LogP contribution is 2.40. The first-order valence-electron chi connectivity index (χ1n) is 11.9. The average molecular weight is 460 g/mol. The second-order valence-electron chi connectivity index (χ2n) is 10.6. The number of benzene rings is 4. The number of para-hydroxylation sites is 3. The van der Waals surface area contributed by atoms with Gasteiger partial charge in [0, 0.05) is 21.5 Å². The molecule has 0 spiro atoms. The third-order valence-corrected chi connectivity index (χ3v) is 9.59. The maximum Gasteiger partial charge on any atom is 0.295 e. The Morgan fingerprint density at radius 1 is 0.735 bits per heavy atom. The molecule has 4 aromatic carbocycles. The zero-order valence-corrected chi connectivity index (χ0v) is 21.2. The minimum atomic E-state index is -1.48. The van der Waals surface area contributed by atoms with Crippen LogP contribution in [0.25, 0.3) is 60.3 Å². The summed E-state index contributed by atoms with van der Waals surface area (Å²) in [6.07, 6.45) is 0. The minimum Gasteiger partial charge on any atom is -0.456 e. The van der Waals surface area contributed by atoms with E-state index in [9.17, 15) is 0 Å². The molecular weight excluding hydrogens is 432 g/mol. The lowest BCUT2D eigenvalue weighted by atomic mass is 9.97. The van der Waals surface area contributed by atoms with Gasteiger partial charge in [0.05, 0.1) is 20.5 Å². The van der Waals surface area contributed by atoms with Crippen LogP contribution in [-0.4, -0.2) is 12.5 Å². The molecule has 0 atom stereocenters. The lowest BCUT2D eigenvalue weighted by molar-refractivity contribution is -0.617. The summed E-state index contributed by atoms with van der Waals surface area (Å²) in [5.74, 6) is 0. The Morgan fingerprint density at radius 3 is 2.32 bits per heavy atom. The lowest BCUT2D eigenvalue weighted by Crippen LogP contribution is -2.37. The highest BCUT2D eigenvalue weighted by Gasteiger charge is 2.27. The van der Waals surface area contributed by atoms with Gasteiger partial charge in [0.15, 0.2) is 11.0 Å². The summed E-state index contributed by atoms with van der Waals surface area (Å²) >= 11 is 0. The third kappa shape index (κ3) is 2.44. The van der Waals surface area contributed by atoms with Crippen LogP contribution < -0.4 is 9.75 Å². The van der Waals surface area contributed by atoms with Crippen molar-refractivity contribution < 1.29 is 8.98 Å². The van der Waals surface area contributed by atoms with E-state index in [2.05, 4.69) is 109 Å². The van der Waals surface area contributed by atoms with Crippen LogP contribution in [0.3, 0.4) is 0 Å². The fraction of sp³-hybridized carbons (Fsp3) is 0.167. The van der Waals surface area contributed by atoms with Crippen LogP contribution in [0, 0.1) is 6.92 Å². The van der Waals surface area contributed by atoms with Crippen molar-refractivity contribution in [1.82, 2.24) is 4.40 Å². The van der Waals surface area contributed by atoms with E-state index >= 15 is 0 Å². The minimum absolute atomic E-state index is 0.946. The van der Waals surface area contributed by atoms with E-state index in [0.29, 0.717) is 0 Å². The van der Waals surface area contributed by atoms with Gasteiger partial charge in [-0.05, 0) is 42.8 Å². The molecule has 3 heterocycles. The van der Waals surface area contributed by atoms with Gasteiger partial charge in [-0.3, -0.25) is 0 Å². The van der Waals surface area contributed by atoms with Crippen LogP contribution >= 0.6 is 0 Å². The summed E-state index contributed by atoms with van der Waals surface area (Å²) in [6, 6.07) is 26.5. The maximum absolute atomic E-state index is 6.36. The molecule has 3 aromatic heterocycles. The lowest BCUT2D eigenvalue weighted by Gasteiger charge is -2.17. The summed E-state index contributed by atoms with van der Waals surface area (Å²) in [7, 11) is 0.715. The number of imidazole rings is 1. The maximum atomic E-state index is 6.36. The SMILES string of the molecule is Cc1c2c(cc3c4ccc([Si](C)(C)C)cc4n4c5ccccc5[n+](C)c4c13)oc1ccccc12. The van der Waals surface area contributed by atoms with Crippen LogP contribution in [0.4, 0.5) is 0 Å². The van der Waals surface area contributed by atoms with Gasteiger partial charge in [-0.1, -0.05) is 67.3 Å². The van der Waals surface area contributed by atoms with E-state index in [1.165, 1.54) is 59.9 Å². The Balaban J connectivity index is 1.84. The quantitative estimate of drug-likeness (QED) is 0.147. The van der Waals surface area contributed by atoms with Crippen molar-refractivity contribution in [1.29, 1.82) is 0 Å². The van der Waals surface area contributed by atoms with Crippen molar-refractivity contribution in [3.8, 4) is 0 Å². The number of aryl methyl sites for hydroxylation is 2.